The van der Waals surface area contributed by atoms with Crippen molar-refractivity contribution in [3.63, 3.8) is 0 Å². The Balaban J connectivity index is 3.10. The van der Waals surface area contributed by atoms with Gasteiger partial charge in [-0.1, -0.05) is 33.6 Å². The van der Waals surface area contributed by atoms with E-state index in [1.807, 2.05) is 0 Å². The summed E-state index contributed by atoms with van der Waals surface area (Å²) in [6.07, 6.45) is 4.06. The molecule has 0 heterocycles. The highest BCUT2D eigenvalue weighted by Gasteiger charge is 1.99. The molecular formula is C10H23N. The van der Waals surface area contributed by atoms with Crippen LogP contribution in [0, 0.1) is 5.92 Å². The third-order valence-electron chi connectivity index (χ3n) is 1.97. The molecule has 1 unspecified atom stereocenters. The Hall–Kier alpha value is -0.0400. The second-order valence-corrected chi connectivity index (χ2v) is 3.78. The molecule has 0 rings (SSSR count). The van der Waals surface area contributed by atoms with E-state index >= 15 is 0 Å². The van der Waals surface area contributed by atoms with E-state index in [9.17, 15) is 0 Å². The second kappa shape index (κ2) is 6.66. The predicted molar refractivity (Wildman–Crippen MR) is 51.8 cm³/mol. The Labute approximate surface area is 71.6 Å². The number of hydrogen-bond acceptors (Lipinski definition) is 1. The molecule has 1 nitrogen and oxygen atoms in total. The molecule has 0 aromatic heterocycles. The zero-order valence-electron chi connectivity index (χ0n) is 8.48. The van der Waals surface area contributed by atoms with Crippen LogP contribution in [0.15, 0.2) is 0 Å². The summed E-state index contributed by atoms with van der Waals surface area (Å²) in [6.45, 7) is 10.1. The fraction of sp³-hybridized carbons (Fsp3) is 1.00. The van der Waals surface area contributed by atoms with Crippen LogP contribution in [0.2, 0.25) is 0 Å². The van der Waals surface area contributed by atoms with E-state index in [4.69, 9.17) is 0 Å². The van der Waals surface area contributed by atoms with Crippen molar-refractivity contribution in [1.29, 1.82) is 0 Å². The van der Waals surface area contributed by atoms with Gasteiger partial charge >= 0.3 is 0 Å². The van der Waals surface area contributed by atoms with Crippen molar-refractivity contribution in [2.24, 2.45) is 5.92 Å². The van der Waals surface area contributed by atoms with Crippen LogP contribution in [-0.2, 0) is 0 Å². The van der Waals surface area contributed by atoms with E-state index in [1.54, 1.807) is 0 Å². The minimum atomic E-state index is 0.707. The van der Waals surface area contributed by atoms with E-state index in [0.29, 0.717) is 6.04 Å². The SMILES string of the molecule is CCNC(C)CCCC(C)C. The Kier molecular flexibility index (Phi) is 6.63. The van der Waals surface area contributed by atoms with Gasteiger partial charge in [0.2, 0.25) is 0 Å². The first kappa shape index (κ1) is 11.0. The normalized spacial score (nSPS) is 13.9. The molecule has 68 valence electrons. The summed E-state index contributed by atoms with van der Waals surface area (Å²) >= 11 is 0. The highest BCUT2D eigenvalue weighted by atomic mass is 14.9. The van der Waals surface area contributed by atoms with Gasteiger partial charge in [-0.05, 0) is 25.8 Å². The van der Waals surface area contributed by atoms with Crippen molar-refractivity contribution in [1.82, 2.24) is 5.32 Å². The molecule has 0 aliphatic rings. The monoisotopic (exact) mass is 157 g/mol. The lowest BCUT2D eigenvalue weighted by Crippen LogP contribution is -2.25. The van der Waals surface area contributed by atoms with Crippen molar-refractivity contribution < 1.29 is 0 Å². The molecular weight excluding hydrogens is 134 g/mol. The van der Waals surface area contributed by atoms with Gasteiger partial charge in [0.25, 0.3) is 0 Å². The van der Waals surface area contributed by atoms with Gasteiger partial charge in [0.1, 0.15) is 0 Å². The zero-order chi connectivity index (χ0) is 8.69. The standard InChI is InChI=1S/C10H23N/c1-5-11-10(4)8-6-7-9(2)3/h9-11H,5-8H2,1-4H3. The highest BCUT2D eigenvalue weighted by Crippen LogP contribution is 2.07. The summed E-state index contributed by atoms with van der Waals surface area (Å²) in [5.41, 5.74) is 0. The van der Waals surface area contributed by atoms with Gasteiger partial charge < -0.3 is 5.32 Å². The minimum Gasteiger partial charge on any atom is -0.315 e. The summed E-state index contributed by atoms with van der Waals surface area (Å²) in [5, 5.41) is 3.42. The first-order valence-corrected chi connectivity index (χ1v) is 4.90. The van der Waals surface area contributed by atoms with E-state index < -0.39 is 0 Å². The molecule has 0 aromatic carbocycles. The summed E-state index contributed by atoms with van der Waals surface area (Å²) in [4.78, 5) is 0. The molecule has 0 radical (unpaired) electrons. The lowest BCUT2D eigenvalue weighted by molar-refractivity contribution is 0.465. The molecule has 1 heteroatoms. The highest BCUT2D eigenvalue weighted by molar-refractivity contribution is 4.59. The Bertz CT molecular complexity index is 78.9. The van der Waals surface area contributed by atoms with Gasteiger partial charge in [0.15, 0.2) is 0 Å². The molecule has 0 aromatic rings. The van der Waals surface area contributed by atoms with Crippen LogP contribution in [0.3, 0.4) is 0 Å². The predicted octanol–water partition coefficient (Wildman–Crippen LogP) is 2.81. The van der Waals surface area contributed by atoms with Gasteiger partial charge in [-0.3, -0.25) is 0 Å². The number of hydrogen-bond donors (Lipinski definition) is 1. The average Bonchev–Trinajstić information content (AvgIpc) is 1.87. The number of nitrogens with one attached hydrogen (secondary N) is 1. The summed E-state index contributed by atoms with van der Waals surface area (Å²) in [5.74, 6) is 0.865. The van der Waals surface area contributed by atoms with Gasteiger partial charge in [0.05, 0.1) is 0 Å². The van der Waals surface area contributed by atoms with Gasteiger partial charge in [-0.15, -0.1) is 0 Å². The summed E-state index contributed by atoms with van der Waals surface area (Å²) in [7, 11) is 0. The average molecular weight is 157 g/mol. The minimum absolute atomic E-state index is 0.707. The lowest BCUT2D eigenvalue weighted by atomic mass is 10.0. The molecule has 0 amide bonds. The Morgan fingerprint density at radius 1 is 1.09 bits per heavy atom. The molecule has 1 atom stereocenters. The zero-order valence-corrected chi connectivity index (χ0v) is 8.48. The fourth-order valence-corrected chi connectivity index (χ4v) is 1.28. The third kappa shape index (κ3) is 7.86. The van der Waals surface area contributed by atoms with Crippen LogP contribution in [-0.4, -0.2) is 12.6 Å². The van der Waals surface area contributed by atoms with Crippen molar-refractivity contribution in [3.8, 4) is 0 Å². The van der Waals surface area contributed by atoms with Crippen molar-refractivity contribution >= 4 is 0 Å². The molecule has 1 N–H and O–H groups in total. The van der Waals surface area contributed by atoms with E-state index in [0.717, 1.165) is 12.5 Å². The summed E-state index contributed by atoms with van der Waals surface area (Å²) in [6, 6.07) is 0.707. The maximum Gasteiger partial charge on any atom is 0.00386 e. The van der Waals surface area contributed by atoms with Crippen LogP contribution >= 0.6 is 0 Å². The van der Waals surface area contributed by atoms with Crippen LogP contribution in [0.4, 0.5) is 0 Å². The van der Waals surface area contributed by atoms with Gasteiger partial charge in [-0.25, -0.2) is 0 Å². The third-order valence-corrected chi connectivity index (χ3v) is 1.97. The van der Waals surface area contributed by atoms with Gasteiger partial charge in [0, 0.05) is 6.04 Å². The van der Waals surface area contributed by atoms with Crippen LogP contribution in [0.1, 0.15) is 47.0 Å². The van der Waals surface area contributed by atoms with Crippen LogP contribution in [0.25, 0.3) is 0 Å². The largest absolute Gasteiger partial charge is 0.315 e. The Morgan fingerprint density at radius 2 is 1.73 bits per heavy atom. The topological polar surface area (TPSA) is 12.0 Å². The van der Waals surface area contributed by atoms with Crippen LogP contribution in [0.5, 0.6) is 0 Å². The molecule has 0 saturated heterocycles. The van der Waals surface area contributed by atoms with E-state index in [2.05, 4.69) is 33.0 Å². The van der Waals surface area contributed by atoms with Crippen LogP contribution < -0.4 is 5.32 Å². The van der Waals surface area contributed by atoms with Crippen molar-refractivity contribution in [2.45, 2.75) is 53.0 Å². The smallest absolute Gasteiger partial charge is 0.00386 e. The first-order chi connectivity index (χ1) is 5.16. The number of rotatable bonds is 6. The molecule has 0 aliphatic carbocycles. The Morgan fingerprint density at radius 3 is 2.18 bits per heavy atom. The fourth-order valence-electron chi connectivity index (χ4n) is 1.28. The molecule has 11 heavy (non-hydrogen) atoms. The molecule has 0 spiro atoms. The maximum atomic E-state index is 3.42. The molecule has 0 bridgehead atoms. The summed E-state index contributed by atoms with van der Waals surface area (Å²) < 4.78 is 0. The first-order valence-electron chi connectivity index (χ1n) is 4.90. The quantitative estimate of drug-likeness (QED) is 0.625. The van der Waals surface area contributed by atoms with Gasteiger partial charge in [-0.2, -0.15) is 0 Å². The second-order valence-electron chi connectivity index (χ2n) is 3.78. The van der Waals surface area contributed by atoms with Crippen molar-refractivity contribution in [3.05, 3.63) is 0 Å². The van der Waals surface area contributed by atoms with Crippen molar-refractivity contribution in [2.75, 3.05) is 6.54 Å². The van der Waals surface area contributed by atoms with E-state index in [-0.39, 0.29) is 0 Å². The molecule has 0 aliphatic heterocycles. The van der Waals surface area contributed by atoms with E-state index in [1.165, 1.54) is 19.3 Å². The maximum absolute atomic E-state index is 3.42. The molecule has 0 fully saturated rings. The molecule has 0 saturated carbocycles. The lowest BCUT2D eigenvalue weighted by Gasteiger charge is -2.12.